The Labute approximate surface area is 183 Å². The zero-order valence-corrected chi connectivity index (χ0v) is 20.0. The largest absolute Gasteiger partial charge is 0.357 e. The van der Waals surface area contributed by atoms with Crippen LogP contribution in [0.4, 0.5) is 5.82 Å². The van der Waals surface area contributed by atoms with E-state index in [1.54, 1.807) is 0 Å². The number of hydrogen-bond acceptors (Lipinski definition) is 5. The van der Waals surface area contributed by atoms with Gasteiger partial charge < -0.3 is 20.4 Å². The molecule has 0 aliphatic carbocycles. The van der Waals surface area contributed by atoms with Crippen LogP contribution in [0.15, 0.2) is 23.3 Å². The Balaban J connectivity index is 1.92. The van der Waals surface area contributed by atoms with Gasteiger partial charge in [0.15, 0.2) is 5.96 Å². The minimum Gasteiger partial charge on any atom is -0.357 e. The second-order valence-electron chi connectivity index (χ2n) is 8.49. The van der Waals surface area contributed by atoms with Gasteiger partial charge in [-0.05, 0) is 58.9 Å². The quantitative estimate of drug-likeness (QED) is 0.450. The van der Waals surface area contributed by atoms with Crippen LogP contribution in [-0.2, 0) is 6.54 Å². The molecule has 0 atom stereocenters. The Morgan fingerprint density at radius 2 is 1.80 bits per heavy atom. The van der Waals surface area contributed by atoms with Crippen molar-refractivity contribution < 1.29 is 0 Å². The van der Waals surface area contributed by atoms with Crippen LogP contribution in [0.5, 0.6) is 0 Å². The molecule has 2 heterocycles. The maximum absolute atomic E-state index is 4.80. The lowest BCUT2D eigenvalue weighted by Gasteiger charge is -2.34. The third-order valence-electron chi connectivity index (χ3n) is 5.71. The van der Waals surface area contributed by atoms with E-state index in [0.717, 1.165) is 64.1 Å². The molecular weight excluding hydrogens is 374 g/mol. The molecule has 30 heavy (non-hydrogen) atoms. The second-order valence-corrected chi connectivity index (χ2v) is 8.49. The molecule has 2 N–H and O–H groups in total. The molecule has 0 saturated carbocycles. The predicted octanol–water partition coefficient (Wildman–Crippen LogP) is 2.40. The smallest absolute Gasteiger partial charge is 0.191 e. The number of aromatic nitrogens is 1. The van der Waals surface area contributed by atoms with Gasteiger partial charge in [-0.25, -0.2) is 9.98 Å². The standard InChI is InChI=1S/C23H43N7/c1-7-24-23(26-11-12-30(19(3)4)20(5)6)27-18-21-9-10-25-22(17-21)29-15-13-28(8-2)14-16-29/h9-10,17,19-20H,7-8,11-16,18H2,1-6H3,(H2,24,26,27). The van der Waals surface area contributed by atoms with Gasteiger partial charge in [0.1, 0.15) is 5.82 Å². The fraction of sp³-hybridized carbons (Fsp3) is 0.739. The van der Waals surface area contributed by atoms with E-state index >= 15 is 0 Å². The number of likely N-dealkylation sites (N-methyl/N-ethyl adjacent to an activating group) is 1. The van der Waals surface area contributed by atoms with Crippen LogP contribution in [0.1, 0.15) is 47.1 Å². The van der Waals surface area contributed by atoms with E-state index in [2.05, 4.69) is 84.0 Å². The van der Waals surface area contributed by atoms with Crippen LogP contribution in [0.25, 0.3) is 0 Å². The number of rotatable bonds is 10. The average molecular weight is 418 g/mol. The van der Waals surface area contributed by atoms with Crippen LogP contribution in [0.3, 0.4) is 0 Å². The maximum atomic E-state index is 4.80. The molecule has 0 bridgehead atoms. The van der Waals surface area contributed by atoms with Crippen molar-refractivity contribution in [2.45, 2.75) is 60.2 Å². The van der Waals surface area contributed by atoms with Crippen molar-refractivity contribution in [1.82, 2.24) is 25.4 Å². The van der Waals surface area contributed by atoms with E-state index in [4.69, 9.17) is 4.99 Å². The molecule has 1 fully saturated rings. The predicted molar refractivity (Wildman–Crippen MR) is 128 cm³/mol. The summed E-state index contributed by atoms with van der Waals surface area (Å²) in [5, 5.41) is 6.85. The van der Waals surface area contributed by atoms with Crippen LogP contribution in [0, 0.1) is 0 Å². The fourth-order valence-electron chi connectivity index (χ4n) is 3.95. The van der Waals surface area contributed by atoms with E-state index in [1.165, 1.54) is 5.56 Å². The first kappa shape index (κ1) is 24.4. The highest BCUT2D eigenvalue weighted by Gasteiger charge is 2.17. The van der Waals surface area contributed by atoms with Gasteiger partial charge in [0, 0.05) is 64.1 Å². The summed E-state index contributed by atoms with van der Waals surface area (Å²) in [4.78, 5) is 16.8. The molecular formula is C23H43N7. The highest BCUT2D eigenvalue weighted by atomic mass is 15.3. The number of pyridine rings is 1. The van der Waals surface area contributed by atoms with Crippen molar-refractivity contribution in [1.29, 1.82) is 0 Å². The van der Waals surface area contributed by atoms with Gasteiger partial charge in [-0.15, -0.1) is 0 Å². The second kappa shape index (κ2) is 12.7. The van der Waals surface area contributed by atoms with Crippen molar-refractivity contribution in [3.05, 3.63) is 23.9 Å². The molecule has 0 unspecified atom stereocenters. The van der Waals surface area contributed by atoms with Gasteiger partial charge in [-0.1, -0.05) is 6.92 Å². The summed E-state index contributed by atoms with van der Waals surface area (Å²) >= 11 is 0. The number of piperazine rings is 1. The normalized spacial score (nSPS) is 16.0. The molecule has 2 rings (SSSR count). The summed E-state index contributed by atoms with van der Waals surface area (Å²) < 4.78 is 0. The molecule has 0 radical (unpaired) electrons. The summed E-state index contributed by atoms with van der Waals surface area (Å²) in [5.41, 5.74) is 1.20. The Bertz CT molecular complexity index is 628. The van der Waals surface area contributed by atoms with Gasteiger partial charge in [-0.2, -0.15) is 0 Å². The lowest BCUT2D eigenvalue weighted by atomic mass is 10.2. The molecule has 0 amide bonds. The SMILES string of the molecule is CCNC(=NCc1ccnc(N2CCN(CC)CC2)c1)NCCN(C(C)C)C(C)C. The van der Waals surface area contributed by atoms with Gasteiger partial charge in [0.2, 0.25) is 0 Å². The number of guanidine groups is 1. The molecule has 0 spiro atoms. The van der Waals surface area contributed by atoms with Gasteiger partial charge in [0.25, 0.3) is 0 Å². The minimum absolute atomic E-state index is 0.542. The minimum atomic E-state index is 0.542. The van der Waals surface area contributed by atoms with E-state index in [9.17, 15) is 0 Å². The van der Waals surface area contributed by atoms with Crippen LogP contribution < -0.4 is 15.5 Å². The number of anilines is 1. The molecule has 7 nitrogen and oxygen atoms in total. The summed E-state index contributed by atoms with van der Waals surface area (Å²) in [5.74, 6) is 1.95. The zero-order chi connectivity index (χ0) is 21.9. The molecule has 1 aromatic heterocycles. The summed E-state index contributed by atoms with van der Waals surface area (Å²) in [7, 11) is 0. The average Bonchev–Trinajstić information content (AvgIpc) is 2.74. The number of nitrogens with one attached hydrogen (secondary N) is 2. The summed E-state index contributed by atoms with van der Waals surface area (Å²) in [6, 6.07) is 5.34. The van der Waals surface area contributed by atoms with Crippen molar-refractivity contribution in [3.63, 3.8) is 0 Å². The lowest BCUT2D eigenvalue weighted by Crippen LogP contribution is -2.46. The summed E-state index contributed by atoms with van der Waals surface area (Å²) in [6.07, 6.45) is 1.91. The first-order valence-electron chi connectivity index (χ1n) is 11.6. The zero-order valence-electron chi connectivity index (χ0n) is 20.0. The van der Waals surface area contributed by atoms with Crippen molar-refractivity contribution >= 4 is 11.8 Å². The van der Waals surface area contributed by atoms with Gasteiger partial charge in [-0.3, -0.25) is 4.90 Å². The first-order valence-corrected chi connectivity index (χ1v) is 11.6. The van der Waals surface area contributed by atoms with Crippen molar-refractivity contribution in [2.75, 3.05) is 57.3 Å². The Hall–Kier alpha value is -1.86. The number of aliphatic imine (C=N–C) groups is 1. The highest BCUT2D eigenvalue weighted by molar-refractivity contribution is 5.79. The summed E-state index contributed by atoms with van der Waals surface area (Å²) in [6.45, 7) is 22.2. The Kier molecular flexibility index (Phi) is 10.4. The third kappa shape index (κ3) is 7.76. The number of hydrogen-bond donors (Lipinski definition) is 2. The maximum Gasteiger partial charge on any atom is 0.191 e. The topological polar surface area (TPSA) is 59.0 Å². The Morgan fingerprint density at radius 1 is 1.10 bits per heavy atom. The van der Waals surface area contributed by atoms with Crippen LogP contribution in [0.2, 0.25) is 0 Å². The van der Waals surface area contributed by atoms with E-state index < -0.39 is 0 Å². The molecule has 1 aliphatic rings. The van der Waals surface area contributed by atoms with Crippen LogP contribution in [-0.4, -0.2) is 85.2 Å². The fourth-order valence-corrected chi connectivity index (χ4v) is 3.95. The molecule has 1 saturated heterocycles. The van der Waals surface area contributed by atoms with Crippen LogP contribution >= 0.6 is 0 Å². The molecule has 0 aromatic carbocycles. The first-order chi connectivity index (χ1) is 14.4. The molecule has 1 aliphatic heterocycles. The van der Waals surface area contributed by atoms with Crippen molar-refractivity contribution in [2.24, 2.45) is 4.99 Å². The molecule has 170 valence electrons. The van der Waals surface area contributed by atoms with E-state index in [-0.39, 0.29) is 0 Å². The Morgan fingerprint density at radius 3 is 2.40 bits per heavy atom. The van der Waals surface area contributed by atoms with Gasteiger partial charge in [0.05, 0.1) is 6.54 Å². The monoisotopic (exact) mass is 417 g/mol. The van der Waals surface area contributed by atoms with Crippen molar-refractivity contribution in [3.8, 4) is 0 Å². The highest BCUT2D eigenvalue weighted by Crippen LogP contribution is 2.15. The third-order valence-corrected chi connectivity index (χ3v) is 5.71. The van der Waals surface area contributed by atoms with E-state index in [1.807, 2.05) is 6.20 Å². The number of nitrogens with zero attached hydrogens (tertiary/aromatic N) is 5. The van der Waals surface area contributed by atoms with E-state index in [0.29, 0.717) is 18.6 Å². The molecule has 1 aromatic rings. The van der Waals surface area contributed by atoms with Gasteiger partial charge >= 0.3 is 0 Å². The molecule has 7 heteroatoms. The lowest BCUT2D eigenvalue weighted by molar-refractivity contribution is 0.178.